The van der Waals surface area contributed by atoms with E-state index in [4.69, 9.17) is 0 Å². The number of rotatable bonds is 6. The number of carboxylic acids is 1. The molecule has 2 rings (SSSR count). The fourth-order valence-electron chi connectivity index (χ4n) is 2.56. The van der Waals surface area contributed by atoms with Crippen molar-refractivity contribution in [2.24, 2.45) is 11.8 Å². The van der Waals surface area contributed by atoms with Crippen molar-refractivity contribution < 1.29 is 14.7 Å². The van der Waals surface area contributed by atoms with Gasteiger partial charge in [-0.05, 0) is 42.4 Å². The van der Waals surface area contributed by atoms with Crippen LogP contribution >= 0.6 is 15.9 Å². The topological polar surface area (TPSA) is 66.4 Å². The fourth-order valence-corrected chi connectivity index (χ4v) is 2.98. The summed E-state index contributed by atoms with van der Waals surface area (Å²) in [6.07, 6.45) is 1.24. The maximum absolute atomic E-state index is 12.2. The molecular weight excluding hydrogens is 334 g/mol. The highest BCUT2D eigenvalue weighted by Gasteiger charge is 2.44. The molecule has 1 aliphatic rings. The number of carbonyl (C=O) groups excluding carboxylic acids is 1. The molecule has 2 N–H and O–H groups in total. The van der Waals surface area contributed by atoms with Crippen LogP contribution in [0.3, 0.4) is 0 Å². The minimum atomic E-state index is -0.961. The lowest BCUT2D eigenvalue weighted by molar-refractivity contribution is -0.142. The molecule has 1 saturated carbocycles. The van der Waals surface area contributed by atoms with Crippen LogP contribution in [0.4, 0.5) is 0 Å². The minimum Gasteiger partial charge on any atom is -0.480 e. The first-order valence-electron chi connectivity index (χ1n) is 7.17. The fraction of sp³-hybridized carbons (Fsp3) is 0.500. The highest BCUT2D eigenvalue weighted by atomic mass is 79.9. The van der Waals surface area contributed by atoms with Gasteiger partial charge in [-0.15, -0.1) is 0 Å². The van der Waals surface area contributed by atoms with E-state index >= 15 is 0 Å². The minimum absolute atomic E-state index is 0.103. The number of halogens is 1. The van der Waals surface area contributed by atoms with Crippen molar-refractivity contribution >= 4 is 27.8 Å². The average molecular weight is 354 g/mol. The predicted octanol–water partition coefficient (Wildman–Crippen LogP) is 3.17. The molecule has 0 aliphatic heterocycles. The summed E-state index contributed by atoms with van der Waals surface area (Å²) < 4.78 is 0.995. The number of carbonyl (C=O) groups is 2. The van der Waals surface area contributed by atoms with E-state index < -0.39 is 12.0 Å². The van der Waals surface area contributed by atoms with Crippen LogP contribution in [0.15, 0.2) is 28.7 Å². The first kappa shape index (κ1) is 16.0. The van der Waals surface area contributed by atoms with E-state index in [1.165, 1.54) is 0 Å². The third-order valence-corrected chi connectivity index (χ3v) is 4.22. The molecule has 1 aliphatic carbocycles. The van der Waals surface area contributed by atoms with Gasteiger partial charge in [0, 0.05) is 10.4 Å². The Morgan fingerprint density at radius 2 is 2.14 bits per heavy atom. The Morgan fingerprint density at radius 3 is 2.71 bits per heavy atom. The second-order valence-electron chi connectivity index (χ2n) is 6.03. The Balaban J connectivity index is 1.94. The monoisotopic (exact) mass is 353 g/mol. The van der Waals surface area contributed by atoms with Gasteiger partial charge in [0.1, 0.15) is 6.04 Å². The SMILES string of the molecule is CC(C)CC(NC(=O)C1CC1c1cccc(Br)c1)C(=O)O. The Kier molecular flexibility index (Phi) is 5.04. The smallest absolute Gasteiger partial charge is 0.326 e. The van der Waals surface area contributed by atoms with Gasteiger partial charge in [0.25, 0.3) is 0 Å². The third-order valence-electron chi connectivity index (χ3n) is 3.73. The van der Waals surface area contributed by atoms with Crippen molar-refractivity contribution in [3.63, 3.8) is 0 Å². The molecule has 0 heterocycles. The van der Waals surface area contributed by atoms with Crippen LogP contribution in [0.25, 0.3) is 0 Å². The van der Waals surface area contributed by atoms with Crippen LogP contribution in [0.1, 0.15) is 38.2 Å². The molecule has 4 nitrogen and oxygen atoms in total. The molecule has 114 valence electrons. The van der Waals surface area contributed by atoms with Crippen LogP contribution in [0.2, 0.25) is 0 Å². The molecule has 0 aromatic heterocycles. The number of hydrogen-bond acceptors (Lipinski definition) is 2. The molecule has 21 heavy (non-hydrogen) atoms. The highest BCUT2D eigenvalue weighted by molar-refractivity contribution is 9.10. The summed E-state index contributed by atoms with van der Waals surface area (Å²) >= 11 is 3.42. The molecule has 0 spiro atoms. The highest BCUT2D eigenvalue weighted by Crippen LogP contribution is 2.48. The van der Waals surface area contributed by atoms with Crippen LogP contribution in [0.5, 0.6) is 0 Å². The van der Waals surface area contributed by atoms with Crippen molar-refractivity contribution in [1.29, 1.82) is 0 Å². The summed E-state index contributed by atoms with van der Waals surface area (Å²) in [7, 11) is 0. The van der Waals surface area contributed by atoms with Crippen molar-refractivity contribution in [2.45, 2.75) is 38.6 Å². The van der Waals surface area contributed by atoms with E-state index in [1.54, 1.807) is 0 Å². The van der Waals surface area contributed by atoms with E-state index in [0.29, 0.717) is 6.42 Å². The van der Waals surface area contributed by atoms with Crippen LogP contribution < -0.4 is 5.32 Å². The molecule has 1 aromatic rings. The maximum atomic E-state index is 12.2. The van der Waals surface area contributed by atoms with Crippen molar-refractivity contribution in [3.05, 3.63) is 34.3 Å². The van der Waals surface area contributed by atoms with E-state index in [-0.39, 0.29) is 23.7 Å². The Hall–Kier alpha value is -1.36. The van der Waals surface area contributed by atoms with E-state index in [0.717, 1.165) is 16.5 Å². The van der Waals surface area contributed by atoms with Gasteiger partial charge in [-0.3, -0.25) is 4.79 Å². The lowest BCUT2D eigenvalue weighted by atomic mass is 10.0. The average Bonchev–Trinajstić information content (AvgIpc) is 3.17. The van der Waals surface area contributed by atoms with Gasteiger partial charge in [-0.25, -0.2) is 4.79 Å². The van der Waals surface area contributed by atoms with Gasteiger partial charge >= 0.3 is 5.97 Å². The lowest BCUT2D eigenvalue weighted by Crippen LogP contribution is -2.42. The molecule has 0 radical (unpaired) electrons. The largest absolute Gasteiger partial charge is 0.480 e. The predicted molar refractivity (Wildman–Crippen MR) is 84.0 cm³/mol. The summed E-state index contributed by atoms with van der Waals surface area (Å²) in [6, 6.07) is 7.13. The standard InChI is InChI=1S/C16H20BrNO3/c1-9(2)6-14(16(20)21)18-15(19)13-8-12(13)10-4-3-5-11(17)7-10/h3-5,7,9,12-14H,6,8H2,1-2H3,(H,18,19)(H,20,21). The second kappa shape index (κ2) is 6.60. The van der Waals surface area contributed by atoms with Crippen molar-refractivity contribution in [1.82, 2.24) is 5.32 Å². The normalized spacial score (nSPS) is 21.9. The van der Waals surface area contributed by atoms with Gasteiger partial charge in [-0.2, -0.15) is 0 Å². The molecule has 0 bridgehead atoms. The summed E-state index contributed by atoms with van der Waals surface area (Å²) in [6.45, 7) is 3.90. The molecule has 0 saturated heterocycles. The number of amides is 1. The Bertz CT molecular complexity index is 544. The van der Waals surface area contributed by atoms with Gasteiger partial charge in [0.15, 0.2) is 0 Å². The van der Waals surface area contributed by atoms with Gasteiger partial charge in [0.05, 0.1) is 0 Å². The van der Waals surface area contributed by atoms with Gasteiger partial charge in [0.2, 0.25) is 5.91 Å². The van der Waals surface area contributed by atoms with E-state index in [2.05, 4.69) is 21.2 Å². The van der Waals surface area contributed by atoms with Crippen molar-refractivity contribution in [2.75, 3.05) is 0 Å². The van der Waals surface area contributed by atoms with E-state index in [9.17, 15) is 14.7 Å². The van der Waals surface area contributed by atoms with Crippen molar-refractivity contribution in [3.8, 4) is 0 Å². The van der Waals surface area contributed by atoms with Gasteiger partial charge in [-0.1, -0.05) is 41.9 Å². The lowest BCUT2D eigenvalue weighted by Gasteiger charge is -2.16. The number of benzene rings is 1. The van der Waals surface area contributed by atoms with E-state index in [1.807, 2.05) is 38.1 Å². The quantitative estimate of drug-likeness (QED) is 0.825. The number of aliphatic carboxylic acids is 1. The zero-order valence-electron chi connectivity index (χ0n) is 12.2. The maximum Gasteiger partial charge on any atom is 0.326 e. The van der Waals surface area contributed by atoms with Crippen LogP contribution in [-0.4, -0.2) is 23.0 Å². The summed E-state index contributed by atoms with van der Waals surface area (Å²) in [5, 5.41) is 11.8. The Morgan fingerprint density at radius 1 is 1.43 bits per heavy atom. The van der Waals surface area contributed by atoms with Crippen LogP contribution in [-0.2, 0) is 9.59 Å². The molecule has 1 fully saturated rings. The Labute approximate surface area is 133 Å². The summed E-state index contributed by atoms with van der Waals surface area (Å²) in [5.74, 6) is -0.777. The first-order chi connectivity index (χ1) is 9.88. The second-order valence-corrected chi connectivity index (χ2v) is 6.95. The summed E-state index contributed by atoms with van der Waals surface area (Å²) in [4.78, 5) is 23.4. The number of carboxylic acid groups (broad SMARTS) is 1. The third kappa shape index (κ3) is 4.30. The van der Waals surface area contributed by atoms with Crippen LogP contribution in [0, 0.1) is 11.8 Å². The zero-order valence-corrected chi connectivity index (χ0v) is 13.8. The molecule has 5 heteroatoms. The number of nitrogens with one attached hydrogen (secondary N) is 1. The molecule has 3 atom stereocenters. The zero-order chi connectivity index (χ0) is 15.6. The number of hydrogen-bond donors (Lipinski definition) is 2. The molecular formula is C16H20BrNO3. The summed E-state index contributed by atoms with van der Waals surface area (Å²) in [5.41, 5.74) is 1.13. The van der Waals surface area contributed by atoms with Gasteiger partial charge < -0.3 is 10.4 Å². The molecule has 1 aromatic carbocycles. The first-order valence-corrected chi connectivity index (χ1v) is 7.96. The molecule has 1 amide bonds. The molecule has 3 unspecified atom stereocenters.